The highest BCUT2D eigenvalue weighted by atomic mass is 79.9. The Labute approximate surface area is 104 Å². The lowest BCUT2D eigenvalue weighted by molar-refractivity contribution is -0.124. The molecule has 16 heavy (non-hydrogen) atoms. The van der Waals surface area contributed by atoms with E-state index in [1.165, 1.54) is 12.3 Å². The highest BCUT2D eigenvalue weighted by Crippen LogP contribution is 2.17. The van der Waals surface area contributed by atoms with Gasteiger partial charge < -0.3 is 5.73 Å². The molecule has 0 fully saturated rings. The van der Waals surface area contributed by atoms with Gasteiger partial charge in [-0.3, -0.25) is 14.4 Å². The van der Waals surface area contributed by atoms with Crippen LogP contribution in [0.1, 0.15) is 10.4 Å². The van der Waals surface area contributed by atoms with Crippen molar-refractivity contribution in [3.8, 4) is 0 Å². The number of hydrogen-bond donors (Lipinski definition) is 2. The van der Waals surface area contributed by atoms with Crippen LogP contribution >= 0.6 is 27.5 Å². The monoisotopic (exact) mass is 307 g/mol. The SMILES string of the molecule is NC(=O)CONC(=O)c1cc(Br)cnc1Cl. The number of carbonyl (C=O) groups excluding carboxylic acids is 2. The summed E-state index contributed by atoms with van der Waals surface area (Å²) in [7, 11) is 0. The van der Waals surface area contributed by atoms with E-state index >= 15 is 0 Å². The number of nitrogens with zero attached hydrogens (tertiary/aromatic N) is 1. The van der Waals surface area contributed by atoms with E-state index in [9.17, 15) is 9.59 Å². The molecule has 1 heterocycles. The molecule has 1 rings (SSSR count). The van der Waals surface area contributed by atoms with Crippen LogP contribution < -0.4 is 11.2 Å². The number of rotatable bonds is 4. The van der Waals surface area contributed by atoms with Gasteiger partial charge in [0.2, 0.25) is 5.91 Å². The number of carbonyl (C=O) groups is 2. The maximum absolute atomic E-state index is 11.5. The molecular weight excluding hydrogens is 301 g/mol. The molecular formula is C8H7BrClN3O3. The van der Waals surface area contributed by atoms with Crippen molar-refractivity contribution in [3.63, 3.8) is 0 Å². The van der Waals surface area contributed by atoms with Crippen LogP contribution in [0.15, 0.2) is 16.7 Å². The first-order valence-electron chi connectivity index (χ1n) is 4.02. The van der Waals surface area contributed by atoms with Crippen molar-refractivity contribution in [2.24, 2.45) is 5.73 Å². The van der Waals surface area contributed by atoms with Gasteiger partial charge >= 0.3 is 0 Å². The predicted octanol–water partition coefficient (Wildman–Crippen LogP) is 0.644. The maximum Gasteiger partial charge on any atom is 0.278 e. The van der Waals surface area contributed by atoms with Crippen molar-refractivity contribution in [2.45, 2.75) is 0 Å². The van der Waals surface area contributed by atoms with Crippen molar-refractivity contribution in [3.05, 3.63) is 27.5 Å². The number of nitrogens with one attached hydrogen (secondary N) is 1. The molecule has 0 aliphatic carbocycles. The Kier molecular flexibility index (Phi) is 4.66. The molecule has 0 atom stereocenters. The number of halogens is 2. The lowest BCUT2D eigenvalue weighted by Crippen LogP contribution is -2.29. The van der Waals surface area contributed by atoms with Crippen molar-refractivity contribution < 1.29 is 14.4 Å². The lowest BCUT2D eigenvalue weighted by atomic mass is 10.3. The van der Waals surface area contributed by atoms with Gasteiger partial charge in [0.1, 0.15) is 5.15 Å². The summed E-state index contributed by atoms with van der Waals surface area (Å²) < 4.78 is 0.594. The Bertz CT molecular complexity index is 427. The number of nitrogens with two attached hydrogens (primary N) is 1. The van der Waals surface area contributed by atoms with E-state index in [-0.39, 0.29) is 10.7 Å². The molecule has 0 unspecified atom stereocenters. The quantitative estimate of drug-likeness (QED) is 0.630. The maximum atomic E-state index is 11.5. The topological polar surface area (TPSA) is 94.3 Å². The van der Waals surface area contributed by atoms with Crippen LogP contribution in [-0.4, -0.2) is 23.4 Å². The van der Waals surface area contributed by atoms with Crippen LogP contribution in [-0.2, 0) is 9.63 Å². The number of hydroxylamine groups is 1. The Morgan fingerprint density at radius 3 is 2.94 bits per heavy atom. The molecule has 86 valence electrons. The van der Waals surface area contributed by atoms with Gasteiger partial charge in [-0.25, -0.2) is 10.5 Å². The van der Waals surface area contributed by atoms with Crippen LogP contribution in [0.2, 0.25) is 5.15 Å². The van der Waals surface area contributed by atoms with Gasteiger partial charge in [0.15, 0.2) is 6.61 Å². The molecule has 0 aliphatic heterocycles. The number of hydrogen-bond acceptors (Lipinski definition) is 4. The van der Waals surface area contributed by atoms with Gasteiger partial charge in [-0.15, -0.1) is 0 Å². The predicted molar refractivity (Wildman–Crippen MR) is 59.6 cm³/mol. The summed E-state index contributed by atoms with van der Waals surface area (Å²) in [6.45, 7) is -0.412. The molecule has 0 saturated carbocycles. The Morgan fingerprint density at radius 2 is 2.31 bits per heavy atom. The average molecular weight is 309 g/mol. The van der Waals surface area contributed by atoms with Gasteiger partial charge in [0.05, 0.1) is 5.56 Å². The van der Waals surface area contributed by atoms with E-state index in [1.54, 1.807) is 0 Å². The third kappa shape index (κ3) is 3.76. The summed E-state index contributed by atoms with van der Waals surface area (Å²) in [5, 5.41) is 0.0309. The smallest absolute Gasteiger partial charge is 0.278 e. The van der Waals surface area contributed by atoms with E-state index in [2.05, 4.69) is 25.8 Å². The fourth-order valence-electron chi connectivity index (χ4n) is 0.810. The van der Waals surface area contributed by atoms with Crippen LogP contribution in [0.3, 0.4) is 0 Å². The van der Waals surface area contributed by atoms with Gasteiger partial charge in [0, 0.05) is 10.7 Å². The lowest BCUT2D eigenvalue weighted by Gasteiger charge is -2.05. The van der Waals surface area contributed by atoms with Gasteiger partial charge in [-0.2, -0.15) is 0 Å². The standard InChI is InChI=1S/C8H7BrClN3O3/c9-4-1-5(7(10)12-2-4)8(15)13-16-3-6(11)14/h1-2H,3H2,(H2,11,14)(H,13,15). The molecule has 1 aromatic heterocycles. The third-order valence-electron chi connectivity index (χ3n) is 1.43. The fraction of sp³-hybridized carbons (Fsp3) is 0.125. The van der Waals surface area contributed by atoms with Crippen molar-refractivity contribution in [1.82, 2.24) is 10.5 Å². The second kappa shape index (κ2) is 5.78. The first kappa shape index (κ1) is 12.9. The molecule has 0 bridgehead atoms. The minimum Gasteiger partial charge on any atom is -0.368 e. The second-order valence-corrected chi connectivity index (χ2v) is 3.95. The molecule has 0 aromatic carbocycles. The highest BCUT2D eigenvalue weighted by Gasteiger charge is 2.12. The molecule has 2 amide bonds. The van der Waals surface area contributed by atoms with Crippen LogP contribution in [0.4, 0.5) is 0 Å². The number of amides is 2. The van der Waals surface area contributed by atoms with Gasteiger partial charge in [0.25, 0.3) is 5.91 Å². The van der Waals surface area contributed by atoms with Crippen molar-refractivity contribution in [1.29, 1.82) is 0 Å². The second-order valence-electron chi connectivity index (χ2n) is 2.68. The normalized spacial score (nSPS) is 9.88. The summed E-state index contributed by atoms with van der Waals surface area (Å²) in [6, 6.07) is 1.47. The molecule has 0 radical (unpaired) electrons. The van der Waals surface area contributed by atoms with E-state index in [0.29, 0.717) is 4.47 Å². The number of pyridine rings is 1. The molecule has 3 N–H and O–H groups in total. The summed E-state index contributed by atoms with van der Waals surface area (Å²) in [5.41, 5.74) is 6.95. The molecule has 0 saturated heterocycles. The largest absolute Gasteiger partial charge is 0.368 e. The summed E-state index contributed by atoms with van der Waals surface area (Å²) >= 11 is 8.83. The summed E-state index contributed by atoms with van der Waals surface area (Å²) in [4.78, 5) is 30.1. The van der Waals surface area contributed by atoms with E-state index in [4.69, 9.17) is 17.3 Å². The minimum atomic E-state index is -0.696. The van der Waals surface area contributed by atoms with Crippen LogP contribution in [0.25, 0.3) is 0 Å². The Morgan fingerprint density at radius 1 is 1.62 bits per heavy atom. The molecule has 0 aliphatic rings. The minimum absolute atomic E-state index is 0.0309. The number of primary amides is 1. The third-order valence-corrected chi connectivity index (χ3v) is 2.16. The van der Waals surface area contributed by atoms with E-state index in [1.807, 2.05) is 5.48 Å². The first-order chi connectivity index (χ1) is 7.50. The van der Waals surface area contributed by atoms with E-state index < -0.39 is 18.4 Å². The summed E-state index contributed by atoms with van der Waals surface area (Å²) in [6.07, 6.45) is 1.45. The fourth-order valence-corrected chi connectivity index (χ4v) is 1.33. The van der Waals surface area contributed by atoms with E-state index in [0.717, 1.165) is 0 Å². The van der Waals surface area contributed by atoms with Gasteiger partial charge in [-0.05, 0) is 22.0 Å². The highest BCUT2D eigenvalue weighted by molar-refractivity contribution is 9.10. The molecule has 8 heteroatoms. The average Bonchev–Trinajstić information content (AvgIpc) is 2.21. The molecule has 1 aromatic rings. The molecule has 6 nitrogen and oxygen atoms in total. The Balaban J connectivity index is 2.65. The molecule has 0 spiro atoms. The van der Waals surface area contributed by atoms with Gasteiger partial charge in [-0.1, -0.05) is 11.6 Å². The van der Waals surface area contributed by atoms with Crippen LogP contribution in [0.5, 0.6) is 0 Å². The zero-order valence-electron chi connectivity index (χ0n) is 7.87. The van der Waals surface area contributed by atoms with Crippen molar-refractivity contribution in [2.75, 3.05) is 6.61 Å². The zero-order valence-corrected chi connectivity index (χ0v) is 10.2. The van der Waals surface area contributed by atoms with Crippen LogP contribution in [0, 0.1) is 0 Å². The first-order valence-corrected chi connectivity index (χ1v) is 5.19. The van der Waals surface area contributed by atoms with Crippen molar-refractivity contribution >= 4 is 39.3 Å². The Hall–Kier alpha value is -1.18. The number of aromatic nitrogens is 1. The zero-order chi connectivity index (χ0) is 12.1. The summed E-state index contributed by atoms with van der Waals surface area (Å²) in [5.74, 6) is -1.31.